The summed E-state index contributed by atoms with van der Waals surface area (Å²) in [6, 6.07) is 2.23. The predicted octanol–water partition coefficient (Wildman–Crippen LogP) is 3.80. The summed E-state index contributed by atoms with van der Waals surface area (Å²) in [5.41, 5.74) is 0.926. The minimum absolute atomic E-state index is 0.349. The highest BCUT2D eigenvalue weighted by Crippen LogP contribution is 2.22. The van der Waals surface area contributed by atoms with Crippen LogP contribution in [0.15, 0.2) is 18.5 Å². The van der Waals surface area contributed by atoms with Gasteiger partial charge in [0.05, 0.1) is 10.7 Å². The van der Waals surface area contributed by atoms with E-state index in [9.17, 15) is 0 Å². The quantitative estimate of drug-likeness (QED) is 0.800. The highest BCUT2D eigenvalue weighted by atomic mass is 35.5. The van der Waals surface area contributed by atoms with Crippen LogP contribution in [0.3, 0.4) is 0 Å². The number of hydrogen-bond acceptors (Lipinski definition) is 2. The standard InChI is InChI=1S/C11H16Cl2N2/c1-8(2)10(3-5-12)15-11-4-6-14-7-9(11)13/h4,6-8,10H,3,5H2,1-2H3,(H,14,15). The number of hydrogen-bond donors (Lipinski definition) is 1. The highest BCUT2D eigenvalue weighted by molar-refractivity contribution is 6.33. The minimum Gasteiger partial charge on any atom is -0.381 e. The third-order valence-corrected chi connectivity index (χ3v) is 2.86. The summed E-state index contributed by atoms with van der Waals surface area (Å²) >= 11 is 11.8. The lowest BCUT2D eigenvalue weighted by Crippen LogP contribution is -2.26. The summed E-state index contributed by atoms with van der Waals surface area (Å²) in [6.45, 7) is 4.33. The zero-order chi connectivity index (χ0) is 11.3. The van der Waals surface area contributed by atoms with Crippen molar-refractivity contribution in [3.8, 4) is 0 Å². The van der Waals surface area contributed by atoms with Gasteiger partial charge in [-0.2, -0.15) is 0 Å². The molecule has 0 amide bonds. The van der Waals surface area contributed by atoms with Gasteiger partial charge in [-0.3, -0.25) is 4.98 Å². The van der Waals surface area contributed by atoms with Crippen LogP contribution in [0.4, 0.5) is 5.69 Å². The molecule has 1 unspecified atom stereocenters. The van der Waals surface area contributed by atoms with Gasteiger partial charge in [-0.1, -0.05) is 25.4 Å². The van der Waals surface area contributed by atoms with Gasteiger partial charge in [0.25, 0.3) is 0 Å². The zero-order valence-electron chi connectivity index (χ0n) is 9.00. The van der Waals surface area contributed by atoms with Crippen LogP contribution in [0.2, 0.25) is 5.02 Å². The Morgan fingerprint density at radius 3 is 2.73 bits per heavy atom. The van der Waals surface area contributed by atoms with Gasteiger partial charge in [0.1, 0.15) is 0 Å². The van der Waals surface area contributed by atoms with Crippen molar-refractivity contribution in [2.75, 3.05) is 11.2 Å². The van der Waals surface area contributed by atoms with Gasteiger partial charge in [0.2, 0.25) is 0 Å². The summed E-state index contributed by atoms with van der Waals surface area (Å²) in [7, 11) is 0. The highest BCUT2D eigenvalue weighted by Gasteiger charge is 2.13. The number of nitrogens with zero attached hydrogens (tertiary/aromatic N) is 1. The van der Waals surface area contributed by atoms with E-state index in [0.717, 1.165) is 12.1 Å². The zero-order valence-corrected chi connectivity index (χ0v) is 10.5. The fourth-order valence-electron chi connectivity index (χ4n) is 1.38. The predicted molar refractivity (Wildman–Crippen MR) is 66.8 cm³/mol. The largest absolute Gasteiger partial charge is 0.381 e. The van der Waals surface area contributed by atoms with Crippen LogP contribution in [-0.2, 0) is 0 Å². The van der Waals surface area contributed by atoms with E-state index in [1.807, 2.05) is 6.07 Å². The van der Waals surface area contributed by atoms with E-state index >= 15 is 0 Å². The maximum atomic E-state index is 6.02. The molecule has 1 aromatic rings. The molecule has 0 bridgehead atoms. The minimum atomic E-state index is 0.349. The van der Waals surface area contributed by atoms with Crippen LogP contribution in [-0.4, -0.2) is 16.9 Å². The van der Waals surface area contributed by atoms with Crippen molar-refractivity contribution >= 4 is 28.9 Å². The molecule has 0 saturated carbocycles. The summed E-state index contributed by atoms with van der Waals surface area (Å²) in [5, 5.41) is 4.04. The fraction of sp³-hybridized carbons (Fsp3) is 0.545. The first-order valence-electron chi connectivity index (χ1n) is 5.07. The molecule has 0 aliphatic heterocycles. The van der Waals surface area contributed by atoms with Crippen LogP contribution in [0, 0.1) is 5.92 Å². The van der Waals surface area contributed by atoms with E-state index in [0.29, 0.717) is 22.9 Å². The van der Waals surface area contributed by atoms with Gasteiger partial charge >= 0.3 is 0 Å². The number of halogens is 2. The van der Waals surface area contributed by atoms with E-state index in [-0.39, 0.29) is 0 Å². The molecule has 0 aromatic carbocycles. The molecule has 0 radical (unpaired) electrons. The Morgan fingerprint density at radius 1 is 1.47 bits per heavy atom. The van der Waals surface area contributed by atoms with E-state index in [2.05, 4.69) is 24.1 Å². The number of pyridine rings is 1. The van der Waals surface area contributed by atoms with E-state index in [1.54, 1.807) is 12.4 Å². The third kappa shape index (κ3) is 3.88. The molecule has 4 heteroatoms. The maximum Gasteiger partial charge on any atom is 0.0820 e. The number of aromatic nitrogens is 1. The van der Waals surface area contributed by atoms with Crippen LogP contribution < -0.4 is 5.32 Å². The first kappa shape index (κ1) is 12.6. The second-order valence-corrected chi connectivity index (χ2v) is 4.61. The van der Waals surface area contributed by atoms with Crippen LogP contribution in [0.5, 0.6) is 0 Å². The number of nitrogens with one attached hydrogen (secondary N) is 1. The lowest BCUT2D eigenvalue weighted by Gasteiger charge is -2.23. The topological polar surface area (TPSA) is 24.9 Å². The average Bonchev–Trinajstić information content (AvgIpc) is 2.20. The number of rotatable bonds is 5. The second kappa shape index (κ2) is 6.19. The molecule has 0 aliphatic rings. The Balaban J connectivity index is 2.69. The summed E-state index contributed by atoms with van der Waals surface area (Å²) in [4.78, 5) is 3.95. The molecule has 2 nitrogen and oxygen atoms in total. The molecule has 1 rings (SSSR count). The van der Waals surface area contributed by atoms with Gasteiger partial charge < -0.3 is 5.32 Å². The van der Waals surface area contributed by atoms with Crippen molar-refractivity contribution in [2.24, 2.45) is 5.92 Å². The number of anilines is 1. The smallest absolute Gasteiger partial charge is 0.0820 e. The normalized spacial score (nSPS) is 12.9. The Morgan fingerprint density at radius 2 is 2.20 bits per heavy atom. The van der Waals surface area contributed by atoms with Crippen molar-refractivity contribution in [2.45, 2.75) is 26.3 Å². The summed E-state index contributed by atoms with van der Waals surface area (Å²) < 4.78 is 0. The summed E-state index contributed by atoms with van der Waals surface area (Å²) in [5.74, 6) is 1.17. The number of alkyl halides is 1. The van der Waals surface area contributed by atoms with Crippen molar-refractivity contribution in [3.05, 3.63) is 23.5 Å². The van der Waals surface area contributed by atoms with Crippen LogP contribution in [0.25, 0.3) is 0 Å². The SMILES string of the molecule is CC(C)C(CCCl)Nc1ccncc1Cl. The molecule has 0 aliphatic carbocycles. The van der Waals surface area contributed by atoms with Crippen LogP contribution in [0.1, 0.15) is 20.3 Å². The van der Waals surface area contributed by atoms with E-state index in [1.165, 1.54) is 0 Å². The van der Waals surface area contributed by atoms with E-state index in [4.69, 9.17) is 23.2 Å². The second-order valence-electron chi connectivity index (χ2n) is 3.83. The Labute approximate surface area is 101 Å². The van der Waals surface area contributed by atoms with Crippen molar-refractivity contribution in [1.82, 2.24) is 4.98 Å². The average molecular weight is 247 g/mol. The van der Waals surface area contributed by atoms with Crippen molar-refractivity contribution < 1.29 is 0 Å². The molecular formula is C11H16Cl2N2. The molecular weight excluding hydrogens is 231 g/mol. The molecule has 1 aromatic heterocycles. The van der Waals surface area contributed by atoms with Gasteiger partial charge in [-0.05, 0) is 18.4 Å². The molecule has 84 valence electrons. The molecule has 1 heterocycles. The van der Waals surface area contributed by atoms with Gasteiger partial charge in [-0.25, -0.2) is 0 Å². The molecule has 0 saturated heterocycles. The van der Waals surface area contributed by atoms with Crippen molar-refractivity contribution in [1.29, 1.82) is 0 Å². The van der Waals surface area contributed by atoms with E-state index < -0.39 is 0 Å². The third-order valence-electron chi connectivity index (χ3n) is 2.34. The molecule has 0 fully saturated rings. The van der Waals surface area contributed by atoms with Gasteiger partial charge in [-0.15, -0.1) is 11.6 Å². The Hall–Kier alpha value is -0.470. The monoisotopic (exact) mass is 246 g/mol. The fourth-order valence-corrected chi connectivity index (χ4v) is 1.79. The molecule has 1 atom stereocenters. The Bertz CT molecular complexity index is 302. The summed E-state index contributed by atoms with van der Waals surface area (Å²) in [6.07, 6.45) is 4.30. The maximum absolute atomic E-state index is 6.02. The van der Waals surface area contributed by atoms with Crippen molar-refractivity contribution in [3.63, 3.8) is 0 Å². The van der Waals surface area contributed by atoms with Crippen LogP contribution >= 0.6 is 23.2 Å². The first-order valence-corrected chi connectivity index (χ1v) is 5.98. The van der Waals surface area contributed by atoms with Gasteiger partial charge in [0.15, 0.2) is 0 Å². The van der Waals surface area contributed by atoms with Gasteiger partial charge in [0, 0.05) is 24.3 Å². The molecule has 1 N–H and O–H groups in total. The molecule has 15 heavy (non-hydrogen) atoms. The lowest BCUT2D eigenvalue weighted by atomic mass is 10.0. The molecule has 0 spiro atoms. The first-order chi connectivity index (χ1) is 7.15. The lowest BCUT2D eigenvalue weighted by molar-refractivity contribution is 0.513. The Kier molecular flexibility index (Phi) is 5.20.